The lowest BCUT2D eigenvalue weighted by molar-refractivity contribution is 0.541. The second-order valence-corrected chi connectivity index (χ2v) is 5.07. The Morgan fingerprint density at radius 3 is 1.71 bits per heavy atom. The minimum absolute atomic E-state index is 0. The van der Waals surface area contributed by atoms with Gasteiger partial charge in [0.2, 0.25) is 0 Å². The Bertz CT molecular complexity index is 118. The van der Waals surface area contributed by atoms with Gasteiger partial charge in [-0.1, -0.05) is 64.7 Å². The van der Waals surface area contributed by atoms with Crippen molar-refractivity contribution in [3.8, 4) is 0 Å². The van der Waals surface area contributed by atoms with Gasteiger partial charge in [0.1, 0.15) is 0 Å². The second-order valence-electron chi connectivity index (χ2n) is 5.07. The molecule has 0 radical (unpaired) electrons. The molecule has 0 heterocycles. The number of rotatable bonds is 14. The summed E-state index contributed by atoms with van der Waals surface area (Å²) in [5.41, 5.74) is 5.43. The van der Waals surface area contributed by atoms with Crippen molar-refractivity contribution in [3.63, 3.8) is 0 Å². The van der Waals surface area contributed by atoms with Crippen molar-refractivity contribution in [2.24, 2.45) is 5.73 Å². The largest absolute Gasteiger partial charge is 0.330 e. The maximum absolute atomic E-state index is 5.43. The van der Waals surface area contributed by atoms with Gasteiger partial charge in [-0.05, 0) is 32.5 Å². The fourth-order valence-corrected chi connectivity index (χ4v) is 2.09. The van der Waals surface area contributed by atoms with E-state index in [1.807, 2.05) is 0 Å². The van der Waals surface area contributed by atoms with Crippen LogP contribution in [0.4, 0.5) is 0 Å². The summed E-state index contributed by atoms with van der Waals surface area (Å²) in [4.78, 5) is 0. The van der Waals surface area contributed by atoms with Crippen LogP contribution in [-0.2, 0) is 0 Å². The third kappa shape index (κ3) is 15.9. The van der Waals surface area contributed by atoms with Crippen molar-refractivity contribution in [1.29, 1.82) is 0 Å². The topological polar surface area (TPSA) is 38.0 Å². The quantitative estimate of drug-likeness (QED) is 0.452. The highest BCUT2D eigenvalue weighted by molar-refractivity contribution is 4.51. The molecule has 0 aromatic carbocycles. The Labute approximate surface area is 110 Å². The molecule has 0 amide bonds. The fraction of sp³-hybridized carbons (Fsp3) is 1.00. The zero-order valence-corrected chi connectivity index (χ0v) is 12.0. The molecule has 0 atom stereocenters. The third-order valence-electron chi connectivity index (χ3n) is 3.26. The Morgan fingerprint density at radius 2 is 1.18 bits per heavy atom. The molecule has 0 aliphatic carbocycles. The van der Waals surface area contributed by atoms with Crippen LogP contribution in [0.25, 0.3) is 0 Å². The average molecular weight is 244 g/mol. The van der Waals surface area contributed by atoms with Crippen LogP contribution in [-0.4, -0.2) is 19.6 Å². The van der Waals surface area contributed by atoms with Crippen LogP contribution in [0.1, 0.15) is 79.0 Å². The molecule has 0 aromatic rings. The van der Waals surface area contributed by atoms with Crippen LogP contribution in [0.15, 0.2) is 0 Å². The fourth-order valence-electron chi connectivity index (χ4n) is 2.09. The number of hydrogen-bond donors (Lipinski definition) is 2. The summed E-state index contributed by atoms with van der Waals surface area (Å²) in [5, 5.41) is 3.43. The molecule has 0 unspecified atom stereocenters. The summed E-state index contributed by atoms with van der Waals surface area (Å²) in [6.07, 6.45) is 15.3. The van der Waals surface area contributed by atoms with Crippen molar-refractivity contribution in [2.45, 2.75) is 77.6 Å². The summed E-state index contributed by atoms with van der Waals surface area (Å²) in [5.74, 6) is 0. The maximum atomic E-state index is 5.43. The van der Waals surface area contributed by atoms with Gasteiger partial charge in [-0.3, -0.25) is 0 Å². The smallest absolute Gasteiger partial charge is 0 e. The van der Waals surface area contributed by atoms with Gasteiger partial charge < -0.3 is 11.1 Å². The number of unbranched alkanes of at least 4 members (excludes halogenated alkanes) is 9. The number of nitrogens with two attached hydrogens (primary N) is 1. The first kappa shape index (κ1) is 16.9. The predicted octanol–water partition coefficient (Wildman–Crippen LogP) is 4.09. The van der Waals surface area contributed by atoms with E-state index in [9.17, 15) is 0 Å². The van der Waals surface area contributed by atoms with Crippen molar-refractivity contribution < 1.29 is 1.43 Å². The van der Waals surface area contributed by atoms with E-state index < -0.39 is 0 Å². The molecule has 0 aliphatic rings. The second kappa shape index (κ2) is 15.9. The van der Waals surface area contributed by atoms with Gasteiger partial charge in [-0.15, -0.1) is 0 Å². The lowest BCUT2D eigenvalue weighted by atomic mass is 10.1. The van der Waals surface area contributed by atoms with Gasteiger partial charge in [0.15, 0.2) is 0 Å². The first-order chi connectivity index (χ1) is 8.41. The van der Waals surface area contributed by atoms with Gasteiger partial charge in [0.05, 0.1) is 0 Å². The standard InChI is InChI=1S/C15H34N2.H2/c1-2-3-4-5-6-7-8-9-10-11-14-17-15-12-13-16;/h17H,2-16H2,1H3;1H. The van der Waals surface area contributed by atoms with E-state index in [-0.39, 0.29) is 1.43 Å². The van der Waals surface area contributed by atoms with E-state index >= 15 is 0 Å². The molecule has 0 spiro atoms. The lowest BCUT2D eigenvalue weighted by Gasteiger charge is -2.04. The van der Waals surface area contributed by atoms with Crippen LogP contribution in [0.2, 0.25) is 0 Å². The van der Waals surface area contributed by atoms with Crippen molar-refractivity contribution in [1.82, 2.24) is 5.32 Å². The molecule has 2 heteroatoms. The molecule has 0 saturated carbocycles. The molecule has 0 rings (SSSR count). The van der Waals surface area contributed by atoms with Crippen LogP contribution in [0, 0.1) is 0 Å². The van der Waals surface area contributed by atoms with Crippen LogP contribution in [0.3, 0.4) is 0 Å². The van der Waals surface area contributed by atoms with Gasteiger partial charge in [-0.2, -0.15) is 0 Å². The van der Waals surface area contributed by atoms with Gasteiger partial charge in [-0.25, -0.2) is 0 Å². The monoisotopic (exact) mass is 244 g/mol. The third-order valence-corrected chi connectivity index (χ3v) is 3.26. The summed E-state index contributed by atoms with van der Waals surface area (Å²) in [6.45, 7) is 5.36. The summed E-state index contributed by atoms with van der Waals surface area (Å²) >= 11 is 0. The van der Waals surface area contributed by atoms with Gasteiger partial charge in [0.25, 0.3) is 0 Å². The van der Waals surface area contributed by atoms with E-state index in [0.717, 1.165) is 19.5 Å². The normalized spacial score (nSPS) is 10.9. The highest BCUT2D eigenvalue weighted by Gasteiger charge is 1.92. The molecule has 0 fully saturated rings. The zero-order chi connectivity index (χ0) is 12.6. The molecule has 106 valence electrons. The average Bonchev–Trinajstić information content (AvgIpc) is 2.35. The van der Waals surface area contributed by atoms with E-state index in [4.69, 9.17) is 5.73 Å². The summed E-state index contributed by atoms with van der Waals surface area (Å²) in [7, 11) is 0. The highest BCUT2D eigenvalue weighted by atomic mass is 14.8. The van der Waals surface area contributed by atoms with Crippen LogP contribution in [0.5, 0.6) is 0 Å². The molecule has 0 saturated heterocycles. The van der Waals surface area contributed by atoms with E-state index in [1.54, 1.807) is 0 Å². The Hall–Kier alpha value is -0.0800. The highest BCUT2D eigenvalue weighted by Crippen LogP contribution is 2.10. The minimum Gasteiger partial charge on any atom is -0.330 e. The molecule has 2 nitrogen and oxygen atoms in total. The summed E-state index contributed by atoms with van der Waals surface area (Å²) < 4.78 is 0. The SMILES string of the molecule is CCCCCCCCCCCCNCCCN.[HH]. The number of nitrogens with one attached hydrogen (secondary N) is 1. The molecule has 17 heavy (non-hydrogen) atoms. The van der Waals surface area contributed by atoms with E-state index in [1.165, 1.54) is 70.8 Å². The van der Waals surface area contributed by atoms with E-state index in [2.05, 4.69) is 12.2 Å². The molecular weight excluding hydrogens is 208 g/mol. The molecule has 0 aliphatic heterocycles. The molecular formula is C15H36N2. The first-order valence-electron chi connectivity index (χ1n) is 7.82. The van der Waals surface area contributed by atoms with Gasteiger partial charge in [0, 0.05) is 1.43 Å². The number of hydrogen-bond acceptors (Lipinski definition) is 2. The Kier molecular flexibility index (Phi) is 15.8. The van der Waals surface area contributed by atoms with Crippen molar-refractivity contribution >= 4 is 0 Å². The predicted molar refractivity (Wildman–Crippen MR) is 80.5 cm³/mol. The zero-order valence-electron chi connectivity index (χ0n) is 12.0. The molecule has 0 aromatic heterocycles. The maximum Gasteiger partial charge on any atom is 0 e. The first-order valence-corrected chi connectivity index (χ1v) is 7.82. The summed E-state index contributed by atoms with van der Waals surface area (Å²) in [6, 6.07) is 0. The Morgan fingerprint density at radius 1 is 0.706 bits per heavy atom. The lowest BCUT2D eigenvalue weighted by Crippen LogP contribution is -2.19. The molecule has 3 N–H and O–H groups in total. The van der Waals surface area contributed by atoms with E-state index in [0.29, 0.717) is 0 Å². The van der Waals surface area contributed by atoms with Crippen molar-refractivity contribution in [2.75, 3.05) is 19.6 Å². The van der Waals surface area contributed by atoms with Crippen LogP contribution >= 0.6 is 0 Å². The van der Waals surface area contributed by atoms with Crippen LogP contribution < -0.4 is 11.1 Å². The molecule has 0 bridgehead atoms. The van der Waals surface area contributed by atoms with Crippen molar-refractivity contribution in [3.05, 3.63) is 0 Å². The van der Waals surface area contributed by atoms with Gasteiger partial charge >= 0.3 is 0 Å². The minimum atomic E-state index is 0. The Balaban J connectivity index is 0.